The molecule has 0 amide bonds. The molecule has 0 saturated heterocycles. The zero-order chi connectivity index (χ0) is 11.5. The molecule has 0 bridgehead atoms. The smallest absolute Gasteiger partial charge is 0.174 e. The van der Waals surface area contributed by atoms with Gasteiger partial charge in [0, 0.05) is 4.90 Å². The molecular formula is C10H6FN3S2. The first-order chi connectivity index (χ1) is 7.70. The molecule has 1 aromatic carbocycles. The van der Waals surface area contributed by atoms with Crippen molar-refractivity contribution in [1.82, 2.24) is 9.36 Å². The van der Waals surface area contributed by atoms with Gasteiger partial charge in [-0.05, 0) is 30.6 Å². The maximum Gasteiger partial charge on any atom is 0.174 e. The molecule has 1 heterocycles. The Morgan fingerprint density at radius 2 is 2.31 bits per heavy atom. The van der Waals surface area contributed by atoms with Gasteiger partial charge in [-0.1, -0.05) is 17.8 Å². The van der Waals surface area contributed by atoms with E-state index in [1.54, 1.807) is 19.1 Å². The monoisotopic (exact) mass is 251 g/mol. The summed E-state index contributed by atoms with van der Waals surface area (Å²) in [6.07, 6.45) is 0. The Hall–Kier alpha value is -1.45. The molecule has 0 unspecified atom stereocenters. The van der Waals surface area contributed by atoms with Gasteiger partial charge in [-0.15, -0.1) is 0 Å². The van der Waals surface area contributed by atoms with Crippen LogP contribution in [-0.4, -0.2) is 9.36 Å². The van der Waals surface area contributed by atoms with Crippen LogP contribution in [0.25, 0.3) is 0 Å². The zero-order valence-corrected chi connectivity index (χ0v) is 9.90. The minimum absolute atomic E-state index is 0.0559. The van der Waals surface area contributed by atoms with Crippen molar-refractivity contribution in [2.75, 3.05) is 0 Å². The average Bonchev–Trinajstić information content (AvgIpc) is 2.64. The van der Waals surface area contributed by atoms with Crippen molar-refractivity contribution in [3.63, 3.8) is 0 Å². The van der Waals surface area contributed by atoms with Gasteiger partial charge in [0.25, 0.3) is 0 Å². The maximum absolute atomic E-state index is 13.3. The van der Waals surface area contributed by atoms with Crippen molar-refractivity contribution in [3.8, 4) is 6.07 Å². The van der Waals surface area contributed by atoms with E-state index in [-0.39, 0.29) is 5.56 Å². The summed E-state index contributed by atoms with van der Waals surface area (Å²) in [5, 5.41) is 8.85. The van der Waals surface area contributed by atoms with Crippen LogP contribution in [0.5, 0.6) is 0 Å². The SMILES string of the molecule is Cc1nsc(Sc2cccc(F)c2C#N)n1. The van der Waals surface area contributed by atoms with E-state index < -0.39 is 5.82 Å². The molecule has 80 valence electrons. The van der Waals surface area contributed by atoms with Crippen LogP contribution in [0.1, 0.15) is 11.4 Å². The fraction of sp³-hybridized carbons (Fsp3) is 0.100. The van der Waals surface area contributed by atoms with E-state index in [2.05, 4.69) is 9.36 Å². The summed E-state index contributed by atoms with van der Waals surface area (Å²) >= 11 is 2.50. The average molecular weight is 251 g/mol. The molecule has 1 aromatic heterocycles. The number of rotatable bonds is 2. The lowest BCUT2D eigenvalue weighted by molar-refractivity contribution is 0.620. The van der Waals surface area contributed by atoms with Crippen LogP contribution in [0.3, 0.4) is 0 Å². The van der Waals surface area contributed by atoms with Crippen LogP contribution in [0.2, 0.25) is 0 Å². The van der Waals surface area contributed by atoms with E-state index >= 15 is 0 Å². The third-order valence-corrected chi connectivity index (χ3v) is 3.70. The summed E-state index contributed by atoms with van der Waals surface area (Å²) in [5.74, 6) is 0.177. The number of nitrogens with zero attached hydrogens (tertiary/aromatic N) is 3. The zero-order valence-electron chi connectivity index (χ0n) is 8.27. The number of benzene rings is 1. The lowest BCUT2D eigenvalue weighted by Gasteiger charge is -2.00. The molecule has 6 heteroatoms. The highest BCUT2D eigenvalue weighted by Crippen LogP contribution is 2.32. The van der Waals surface area contributed by atoms with Gasteiger partial charge in [0.15, 0.2) is 4.34 Å². The predicted molar refractivity (Wildman–Crippen MR) is 59.9 cm³/mol. The van der Waals surface area contributed by atoms with Gasteiger partial charge in [0.05, 0.1) is 0 Å². The first-order valence-corrected chi connectivity index (χ1v) is 5.96. The Bertz CT molecular complexity index is 559. The summed E-state index contributed by atoms with van der Waals surface area (Å²) in [7, 11) is 0. The van der Waals surface area contributed by atoms with Crippen molar-refractivity contribution < 1.29 is 4.39 Å². The van der Waals surface area contributed by atoms with Crippen LogP contribution in [-0.2, 0) is 0 Å². The normalized spacial score (nSPS) is 10.1. The highest BCUT2D eigenvalue weighted by molar-refractivity contribution is 8.01. The molecule has 0 aliphatic carbocycles. The first kappa shape index (κ1) is 11.0. The van der Waals surface area contributed by atoms with Gasteiger partial charge < -0.3 is 0 Å². The quantitative estimate of drug-likeness (QED) is 0.823. The van der Waals surface area contributed by atoms with Gasteiger partial charge in [0.2, 0.25) is 0 Å². The highest BCUT2D eigenvalue weighted by Gasteiger charge is 2.11. The van der Waals surface area contributed by atoms with Crippen molar-refractivity contribution >= 4 is 23.3 Å². The molecule has 0 aliphatic rings. The molecule has 2 aromatic rings. The number of aromatic nitrogens is 2. The van der Waals surface area contributed by atoms with E-state index in [1.807, 2.05) is 6.07 Å². The number of nitriles is 1. The molecule has 16 heavy (non-hydrogen) atoms. The third-order valence-electron chi connectivity index (χ3n) is 1.79. The molecule has 0 fully saturated rings. The van der Waals surface area contributed by atoms with E-state index in [9.17, 15) is 4.39 Å². The second-order valence-electron chi connectivity index (χ2n) is 2.93. The maximum atomic E-state index is 13.3. The van der Waals surface area contributed by atoms with Crippen molar-refractivity contribution in [2.45, 2.75) is 16.2 Å². The lowest BCUT2D eigenvalue weighted by Crippen LogP contribution is -1.86. The van der Waals surface area contributed by atoms with Crippen LogP contribution >= 0.6 is 23.3 Å². The second kappa shape index (κ2) is 4.60. The fourth-order valence-corrected chi connectivity index (χ4v) is 2.82. The summed E-state index contributed by atoms with van der Waals surface area (Å²) < 4.78 is 18.0. The number of aryl methyl sites for hydroxylation is 1. The molecule has 0 saturated carbocycles. The minimum atomic E-state index is -0.506. The van der Waals surface area contributed by atoms with E-state index in [0.29, 0.717) is 15.1 Å². The summed E-state index contributed by atoms with van der Waals surface area (Å²) in [6, 6.07) is 6.40. The summed E-state index contributed by atoms with van der Waals surface area (Å²) in [6.45, 7) is 1.79. The van der Waals surface area contributed by atoms with E-state index in [4.69, 9.17) is 5.26 Å². The van der Waals surface area contributed by atoms with Crippen LogP contribution in [0.4, 0.5) is 4.39 Å². The Kier molecular flexibility index (Phi) is 3.17. The molecule has 0 spiro atoms. The van der Waals surface area contributed by atoms with Crippen LogP contribution < -0.4 is 0 Å². The first-order valence-electron chi connectivity index (χ1n) is 4.37. The molecule has 2 rings (SSSR count). The molecule has 0 aliphatic heterocycles. The Labute approximate surface area is 100 Å². The standard InChI is InChI=1S/C10H6FN3S2/c1-6-13-10(16-14-6)15-9-4-2-3-8(11)7(9)5-12/h2-4H,1H3. The lowest BCUT2D eigenvalue weighted by atomic mass is 10.2. The molecular weight excluding hydrogens is 245 g/mol. The molecule has 3 nitrogen and oxygen atoms in total. The summed E-state index contributed by atoms with van der Waals surface area (Å²) in [5.41, 5.74) is 0.0559. The van der Waals surface area contributed by atoms with Gasteiger partial charge in [-0.25, -0.2) is 9.37 Å². The topological polar surface area (TPSA) is 49.6 Å². The molecule has 0 radical (unpaired) electrons. The largest absolute Gasteiger partial charge is 0.213 e. The van der Waals surface area contributed by atoms with Gasteiger partial charge in [-0.2, -0.15) is 9.64 Å². The van der Waals surface area contributed by atoms with E-state index in [1.165, 1.54) is 29.4 Å². The van der Waals surface area contributed by atoms with Crippen molar-refractivity contribution in [2.24, 2.45) is 0 Å². The van der Waals surface area contributed by atoms with Crippen molar-refractivity contribution in [3.05, 3.63) is 35.4 Å². The van der Waals surface area contributed by atoms with Crippen molar-refractivity contribution in [1.29, 1.82) is 5.26 Å². The van der Waals surface area contributed by atoms with Crippen LogP contribution in [0.15, 0.2) is 27.4 Å². The highest BCUT2D eigenvalue weighted by atomic mass is 32.2. The third kappa shape index (κ3) is 2.21. The minimum Gasteiger partial charge on any atom is -0.213 e. The van der Waals surface area contributed by atoms with Gasteiger partial charge in [0.1, 0.15) is 23.3 Å². The summed E-state index contributed by atoms with van der Waals surface area (Å²) in [4.78, 5) is 4.72. The predicted octanol–water partition coefficient (Wildman–Crippen LogP) is 3.01. The number of hydrogen-bond acceptors (Lipinski definition) is 5. The Balaban J connectivity index is 2.35. The van der Waals surface area contributed by atoms with Gasteiger partial charge in [-0.3, -0.25) is 0 Å². The fourth-order valence-electron chi connectivity index (χ4n) is 1.11. The second-order valence-corrected chi connectivity index (χ2v) is 4.98. The van der Waals surface area contributed by atoms with E-state index in [0.717, 1.165) is 0 Å². The molecule has 0 atom stereocenters. The molecule has 0 N–H and O–H groups in total. The van der Waals surface area contributed by atoms with Gasteiger partial charge >= 0.3 is 0 Å². The Morgan fingerprint density at radius 3 is 2.94 bits per heavy atom. The van der Waals surface area contributed by atoms with Crippen LogP contribution in [0, 0.1) is 24.1 Å². The number of hydrogen-bond donors (Lipinski definition) is 0. The Morgan fingerprint density at radius 1 is 1.50 bits per heavy atom. The number of halogens is 1.